The highest BCUT2D eigenvalue weighted by Crippen LogP contribution is 2.36. The topological polar surface area (TPSA) is 38.9 Å². The molecule has 2 N–H and O–H groups in total. The molecule has 2 rings (SSSR count). The van der Waals surface area contributed by atoms with Crippen molar-refractivity contribution in [3.05, 3.63) is 28.5 Å². The van der Waals surface area contributed by atoms with Gasteiger partial charge in [0.05, 0.1) is 0 Å². The van der Waals surface area contributed by atoms with Crippen LogP contribution < -0.4 is 5.73 Å². The molecule has 0 bridgehead atoms. The van der Waals surface area contributed by atoms with Gasteiger partial charge in [-0.2, -0.15) is 0 Å². The van der Waals surface area contributed by atoms with Gasteiger partial charge in [0.1, 0.15) is 4.60 Å². The van der Waals surface area contributed by atoms with E-state index in [2.05, 4.69) is 33.0 Å². The highest BCUT2D eigenvalue weighted by atomic mass is 79.9. The first kappa shape index (κ1) is 9.16. The van der Waals surface area contributed by atoms with Gasteiger partial charge in [-0.1, -0.05) is 0 Å². The summed E-state index contributed by atoms with van der Waals surface area (Å²) in [6, 6.07) is 4.11. The summed E-state index contributed by atoms with van der Waals surface area (Å²) in [5.74, 6) is 0. The summed E-state index contributed by atoms with van der Waals surface area (Å²) in [6.07, 6.45) is 6.38. The minimum Gasteiger partial charge on any atom is -0.325 e. The highest BCUT2D eigenvalue weighted by Gasteiger charge is 2.37. The average molecular weight is 241 g/mol. The maximum absolute atomic E-state index is 6.01. The van der Waals surface area contributed by atoms with Crippen LogP contribution >= 0.6 is 15.9 Å². The molecule has 1 heterocycles. The maximum atomic E-state index is 6.01. The van der Waals surface area contributed by atoms with E-state index in [4.69, 9.17) is 5.73 Å². The fourth-order valence-corrected chi connectivity index (χ4v) is 1.81. The molecule has 0 unspecified atom stereocenters. The third kappa shape index (κ3) is 2.51. The summed E-state index contributed by atoms with van der Waals surface area (Å²) < 4.78 is 0.909. The third-order valence-corrected chi connectivity index (χ3v) is 3.03. The van der Waals surface area contributed by atoms with Crippen LogP contribution in [0.15, 0.2) is 22.9 Å². The monoisotopic (exact) mass is 240 g/mol. The second kappa shape index (κ2) is 3.39. The van der Waals surface area contributed by atoms with Gasteiger partial charge in [-0.3, -0.25) is 0 Å². The van der Waals surface area contributed by atoms with Crippen LogP contribution in [0.2, 0.25) is 0 Å². The second-order valence-corrected chi connectivity index (χ2v) is 4.66. The van der Waals surface area contributed by atoms with Gasteiger partial charge >= 0.3 is 0 Å². The molecule has 0 aromatic carbocycles. The molecule has 2 nitrogen and oxygen atoms in total. The lowest BCUT2D eigenvalue weighted by atomic mass is 10.1. The predicted octanol–water partition coefficient (Wildman–Crippen LogP) is 2.27. The van der Waals surface area contributed by atoms with Gasteiger partial charge in [-0.05, 0) is 59.3 Å². The Labute approximate surface area is 86.7 Å². The van der Waals surface area contributed by atoms with Crippen molar-refractivity contribution < 1.29 is 0 Å². The molecule has 1 aliphatic rings. The molecule has 13 heavy (non-hydrogen) atoms. The number of hydrogen-bond acceptors (Lipinski definition) is 2. The van der Waals surface area contributed by atoms with E-state index in [1.54, 1.807) is 0 Å². The zero-order chi connectivity index (χ0) is 9.31. The summed E-state index contributed by atoms with van der Waals surface area (Å²) in [7, 11) is 0. The highest BCUT2D eigenvalue weighted by molar-refractivity contribution is 9.10. The quantitative estimate of drug-likeness (QED) is 0.824. The molecule has 0 saturated heterocycles. The molecule has 0 radical (unpaired) electrons. The van der Waals surface area contributed by atoms with E-state index in [-0.39, 0.29) is 5.54 Å². The molecule has 0 spiro atoms. The summed E-state index contributed by atoms with van der Waals surface area (Å²) in [5, 5.41) is 0. The number of pyridine rings is 1. The van der Waals surface area contributed by atoms with Crippen LogP contribution in [0.5, 0.6) is 0 Å². The Hall–Kier alpha value is -0.410. The third-order valence-electron chi connectivity index (χ3n) is 2.59. The van der Waals surface area contributed by atoms with E-state index in [0.717, 1.165) is 17.4 Å². The van der Waals surface area contributed by atoms with Crippen LogP contribution in [0.3, 0.4) is 0 Å². The van der Waals surface area contributed by atoms with E-state index in [9.17, 15) is 0 Å². The minimum absolute atomic E-state index is 0.162. The molecule has 1 aromatic rings. The molecule has 1 saturated carbocycles. The minimum atomic E-state index is 0.162. The second-order valence-electron chi connectivity index (χ2n) is 3.85. The lowest BCUT2D eigenvalue weighted by molar-refractivity contribution is 0.609. The zero-order valence-corrected chi connectivity index (χ0v) is 9.05. The van der Waals surface area contributed by atoms with Gasteiger partial charge in [0, 0.05) is 11.7 Å². The van der Waals surface area contributed by atoms with Gasteiger partial charge in [0.2, 0.25) is 0 Å². The summed E-state index contributed by atoms with van der Waals surface area (Å²) in [5.41, 5.74) is 7.49. The first-order valence-corrected chi connectivity index (χ1v) is 5.37. The normalized spacial score (nSPS) is 18.6. The summed E-state index contributed by atoms with van der Waals surface area (Å²) in [6.45, 7) is 0. The Kier molecular flexibility index (Phi) is 2.39. The first-order valence-electron chi connectivity index (χ1n) is 4.57. The molecule has 3 heteroatoms. The molecule has 70 valence electrons. The van der Waals surface area contributed by atoms with Crippen LogP contribution in [0.4, 0.5) is 0 Å². The fraction of sp³-hybridized carbons (Fsp3) is 0.500. The standard InChI is InChI=1S/C10H13BrN2/c11-9-7-8(2-6-13-9)1-3-10(12)4-5-10/h2,6-7H,1,3-5,12H2. The molecule has 1 aromatic heterocycles. The number of halogens is 1. The Bertz CT molecular complexity index is 308. The van der Waals surface area contributed by atoms with E-state index in [0.29, 0.717) is 0 Å². The van der Waals surface area contributed by atoms with Crippen molar-refractivity contribution in [2.75, 3.05) is 0 Å². The largest absolute Gasteiger partial charge is 0.325 e. The molecule has 0 amide bonds. The van der Waals surface area contributed by atoms with Gasteiger partial charge in [-0.25, -0.2) is 4.98 Å². The van der Waals surface area contributed by atoms with Crippen LogP contribution in [0.1, 0.15) is 24.8 Å². The van der Waals surface area contributed by atoms with Gasteiger partial charge in [0.15, 0.2) is 0 Å². The number of rotatable bonds is 3. The Morgan fingerprint density at radius 3 is 2.92 bits per heavy atom. The summed E-state index contributed by atoms with van der Waals surface area (Å²) in [4.78, 5) is 4.09. The van der Waals surface area contributed by atoms with Crippen molar-refractivity contribution in [3.63, 3.8) is 0 Å². The van der Waals surface area contributed by atoms with Gasteiger partial charge in [-0.15, -0.1) is 0 Å². The smallest absolute Gasteiger partial charge is 0.106 e. The molecular weight excluding hydrogens is 228 g/mol. The maximum Gasteiger partial charge on any atom is 0.106 e. The van der Waals surface area contributed by atoms with E-state index in [1.165, 1.54) is 18.4 Å². The van der Waals surface area contributed by atoms with Crippen LogP contribution in [0.25, 0.3) is 0 Å². The SMILES string of the molecule is NC1(CCc2ccnc(Br)c2)CC1. The van der Waals surface area contributed by atoms with Crippen molar-refractivity contribution in [1.29, 1.82) is 0 Å². The van der Waals surface area contributed by atoms with E-state index in [1.807, 2.05) is 6.20 Å². The van der Waals surface area contributed by atoms with Gasteiger partial charge < -0.3 is 5.73 Å². The van der Waals surface area contributed by atoms with Crippen molar-refractivity contribution in [2.45, 2.75) is 31.2 Å². The molecular formula is C10H13BrN2. The molecule has 0 aliphatic heterocycles. The number of aryl methyl sites for hydroxylation is 1. The molecule has 0 atom stereocenters. The number of aromatic nitrogens is 1. The molecule has 1 aliphatic carbocycles. The number of nitrogens with zero attached hydrogens (tertiary/aromatic N) is 1. The predicted molar refractivity (Wildman–Crippen MR) is 56.4 cm³/mol. The zero-order valence-electron chi connectivity index (χ0n) is 7.46. The lowest BCUT2D eigenvalue weighted by Gasteiger charge is -2.07. The number of hydrogen-bond donors (Lipinski definition) is 1. The fourth-order valence-electron chi connectivity index (χ4n) is 1.40. The average Bonchev–Trinajstić information content (AvgIpc) is 2.82. The van der Waals surface area contributed by atoms with Gasteiger partial charge in [0.25, 0.3) is 0 Å². The Morgan fingerprint density at radius 1 is 1.54 bits per heavy atom. The first-order chi connectivity index (χ1) is 6.18. The van der Waals surface area contributed by atoms with Crippen molar-refractivity contribution in [1.82, 2.24) is 4.98 Å². The van der Waals surface area contributed by atoms with Crippen molar-refractivity contribution in [2.24, 2.45) is 5.73 Å². The van der Waals surface area contributed by atoms with Crippen LogP contribution in [-0.4, -0.2) is 10.5 Å². The van der Waals surface area contributed by atoms with Crippen molar-refractivity contribution >= 4 is 15.9 Å². The van der Waals surface area contributed by atoms with Crippen LogP contribution in [0, 0.1) is 0 Å². The molecule has 1 fully saturated rings. The summed E-state index contributed by atoms with van der Waals surface area (Å²) >= 11 is 3.36. The lowest BCUT2D eigenvalue weighted by Crippen LogP contribution is -2.22. The van der Waals surface area contributed by atoms with Crippen LogP contribution in [-0.2, 0) is 6.42 Å². The van der Waals surface area contributed by atoms with E-state index >= 15 is 0 Å². The Balaban J connectivity index is 1.94. The van der Waals surface area contributed by atoms with E-state index < -0.39 is 0 Å². The number of nitrogens with two attached hydrogens (primary N) is 1. The van der Waals surface area contributed by atoms with Crippen molar-refractivity contribution in [3.8, 4) is 0 Å². The Morgan fingerprint density at radius 2 is 2.31 bits per heavy atom.